The average Bonchev–Trinajstić information content (AvgIpc) is 1.86. The summed E-state index contributed by atoms with van der Waals surface area (Å²) in [6.07, 6.45) is 1.50. The quantitative estimate of drug-likeness (QED) is 0.329. The number of aliphatic carboxylic acids is 1. The topological polar surface area (TPSA) is 96.4 Å². The van der Waals surface area contributed by atoms with Gasteiger partial charge in [0.2, 0.25) is 0 Å². The number of amidine groups is 1. The van der Waals surface area contributed by atoms with Gasteiger partial charge in [0, 0.05) is 27.1 Å². The summed E-state index contributed by atoms with van der Waals surface area (Å²) >= 11 is 0. The van der Waals surface area contributed by atoms with E-state index in [-0.39, 0.29) is 5.84 Å². The number of methoxy groups -OCH3 is 1. The van der Waals surface area contributed by atoms with Crippen LogP contribution in [0.5, 0.6) is 0 Å². The van der Waals surface area contributed by atoms with Crippen LogP contribution in [0.2, 0.25) is 0 Å². The molecule has 0 aliphatic carbocycles. The second-order valence-electron chi connectivity index (χ2n) is 2.14. The van der Waals surface area contributed by atoms with Gasteiger partial charge in [-0.1, -0.05) is 0 Å². The zero-order valence-electron chi connectivity index (χ0n) is 7.46. The highest BCUT2D eigenvalue weighted by Gasteiger charge is 1.86. The number of rotatable bonds is 4. The molecule has 0 saturated heterocycles. The number of nitrogens with one attached hydrogen (secondary N) is 1. The van der Waals surface area contributed by atoms with Crippen LogP contribution in [0.1, 0.15) is 19.8 Å². The highest BCUT2D eigenvalue weighted by Crippen LogP contribution is 1.85. The predicted octanol–water partition coefficient (Wildman–Crippen LogP) is 0.440. The molecule has 0 unspecified atom stereocenters. The van der Waals surface area contributed by atoms with E-state index < -0.39 is 5.97 Å². The Kier molecular flexibility index (Phi) is 11.1. The SMILES string of the molecule is CC(=O)O.COCCCC(=N)N. The van der Waals surface area contributed by atoms with Crippen molar-refractivity contribution in [2.75, 3.05) is 13.7 Å². The lowest BCUT2D eigenvalue weighted by molar-refractivity contribution is -0.134. The summed E-state index contributed by atoms with van der Waals surface area (Å²) in [5, 5.41) is 14.2. The number of ether oxygens (including phenoxy) is 1. The number of carboxylic acid groups (broad SMARTS) is 1. The van der Waals surface area contributed by atoms with Crippen LogP contribution >= 0.6 is 0 Å². The molecule has 0 spiro atoms. The summed E-state index contributed by atoms with van der Waals surface area (Å²) in [5.74, 6) is -0.595. The Hall–Kier alpha value is -1.10. The van der Waals surface area contributed by atoms with E-state index in [9.17, 15) is 0 Å². The van der Waals surface area contributed by atoms with Gasteiger partial charge in [0.05, 0.1) is 5.84 Å². The normalized spacial score (nSPS) is 8.17. The second-order valence-corrected chi connectivity index (χ2v) is 2.14. The van der Waals surface area contributed by atoms with Crippen molar-refractivity contribution >= 4 is 11.8 Å². The number of hydrogen-bond donors (Lipinski definition) is 3. The molecule has 5 heteroatoms. The molecule has 0 heterocycles. The lowest BCUT2D eigenvalue weighted by Crippen LogP contribution is -2.09. The first-order valence-electron chi connectivity index (χ1n) is 3.52. The summed E-state index contributed by atoms with van der Waals surface area (Å²) in [4.78, 5) is 9.00. The van der Waals surface area contributed by atoms with Crippen molar-refractivity contribution in [3.63, 3.8) is 0 Å². The largest absolute Gasteiger partial charge is 0.481 e. The molecule has 0 amide bonds. The molecule has 0 rings (SSSR count). The fraction of sp³-hybridized carbons (Fsp3) is 0.714. The van der Waals surface area contributed by atoms with Crippen LogP contribution in [0.15, 0.2) is 0 Å². The third kappa shape index (κ3) is 36.5. The molecule has 0 aromatic heterocycles. The van der Waals surface area contributed by atoms with Gasteiger partial charge >= 0.3 is 0 Å². The van der Waals surface area contributed by atoms with Gasteiger partial charge in [0.15, 0.2) is 0 Å². The third-order valence-corrected chi connectivity index (χ3v) is 0.795. The maximum Gasteiger partial charge on any atom is 0.300 e. The lowest BCUT2D eigenvalue weighted by Gasteiger charge is -1.94. The molecule has 0 aromatic carbocycles. The number of carbonyl (C=O) groups is 1. The zero-order chi connectivity index (χ0) is 9.98. The van der Waals surface area contributed by atoms with E-state index in [1.165, 1.54) is 0 Å². The van der Waals surface area contributed by atoms with E-state index in [1.807, 2.05) is 0 Å². The molecule has 4 N–H and O–H groups in total. The molecule has 0 aliphatic heterocycles. The van der Waals surface area contributed by atoms with Gasteiger partial charge in [-0.3, -0.25) is 10.2 Å². The Bertz CT molecular complexity index is 133. The van der Waals surface area contributed by atoms with Crippen LogP contribution < -0.4 is 5.73 Å². The van der Waals surface area contributed by atoms with Gasteiger partial charge in [0.1, 0.15) is 0 Å². The summed E-state index contributed by atoms with van der Waals surface area (Å²) in [6, 6.07) is 0. The molecule has 0 fully saturated rings. The van der Waals surface area contributed by atoms with Crippen LogP contribution in [-0.4, -0.2) is 30.6 Å². The van der Waals surface area contributed by atoms with Crippen LogP contribution in [0, 0.1) is 5.41 Å². The Labute approximate surface area is 72.0 Å². The van der Waals surface area contributed by atoms with Crippen LogP contribution in [0.4, 0.5) is 0 Å². The van der Waals surface area contributed by atoms with Crippen molar-refractivity contribution in [2.24, 2.45) is 5.73 Å². The molecule has 72 valence electrons. The maximum atomic E-state index is 9.00. The highest BCUT2D eigenvalue weighted by atomic mass is 16.5. The minimum atomic E-state index is -0.833. The first-order chi connectivity index (χ1) is 5.50. The molecule has 0 atom stereocenters. The van der Waals surface area contributed by atoms with Gasteiger partial charge in [0.25, 0.3) is 5.97 Å². The van der Waals surface area contributed by atoms with Crippen LogP contribution in [-0.2, 0) is 9.53 Å². The maximum absolute atomic E-state index is 9.00. The predicted molar refractivity (Wildman–Crippen MR) is 46.3 cm³/mol. The molecular formula is C7H16N2O3. The van der Waals surface area contributed by atoms with Crippen molar-refractivity contribution < 1.29 is 14.6 Å². The van der Waals surface area contributed by atoms with E-state index in [2.05, 4.69) is 0 Å². The number of hydrogen-bond acceptors (Lipinski definition) is 3. The van der Waals surface area contributed by atoms with E-state index >= 15 is 0 Å². The minimum absolute atomic E-state index is 0.238. The first-order valence-corrected chi connectivity index (χ1v) is 3.52. The van der Waals surface area contributed by atoms with E-state index in [4.69, 9.17) is 25.8 Å². The summed E-state index contributed by atoms with van der Waals surface area (Å²) in [7, 11) is 1.64. The Morgan fingerprint density at radius 2 is 2.08 bits per heavy atom. The summed E-state index contributed by atoms with van der Waals surface area (Å²) in [5.41, 5.74) is 5.06. The lowest BCUT2D eigenvalue weighted by atomic mass is 10.3. The number of nitrogens with two attached hydrogens (primary N) is 1. The van der Waals surface area contributed by atoms with Crippen molar-refractivity contribution in [1.29, 1.82) is 5.41 Å². The fourth-order valence-corrected chi connectivity index (χ4v) is 0.407. The molecule has 0 radical (unpaired) electrons. The van der Waals surface area contributed by atoms with Gasteiger partial charge in [-0.15, -0.1) is 0 Å². The van der Waals surface area contributed by atoms with Crippen LogP contribution in [0.25, 0.3) is 0 Å². The van der Waals surface area contributed by atoms with E-state index in [0.29, 0.717) is 13.0 Å². The Balaban J connectivity index is 0. The molecule has 5 nitrogen and oxygen atoms in total. The summed E-state index contributed by atoms with van der Waals surface area (Å²) < 4.78 is 4.74. The third-order valence-electron chi connectivity index (χ3n) is 0.795. The number of carboxylic acids is 1. The van der Waals surface area contributed by atoms with E-state index in [0.717, 1.165) is 13.3 Å². The molecule has 0 aliphatic rings. The highest BCUT2D eigenvalue weighted by molar-refractivity contribution is 5.76. The smallest absolute Gasteiger partial charge is 0.300 e. The van der Waals surface area contributed by atoms with Gasteiger partial charge in [-0.05, 0) is 6.42 Å². The first kappa shape index (κ1) is 13.5. The van der Waals surface area contributed by atoms with Gasteiger partial charge < -0.3 is 15.6 Å². The molecular weight excluding hydrogens is 160 g/mol. The Morgan fingerprint density at radius 1 is 1.67 bits per heavy atom. The molecule has 12 heavy (non-hydrogen) atoms. The Morgan fingerprint density at radius 3 is 2.33 bits per heavy atom. The molecule has 0 aromatic rings. The van der Waals surface area contributed by atoms with Gasteiger partial charge in [-0.25, -0.2) is 0 Å². The van der Waals surface area contributed by atoms with Gasteiger partial charge in [-0.2, -0.15) is 0 Å². The van der Waals surface area contributed by atoms with Crippen molar-refractivity contribution in [1.82, 2.24) is 0 Å². The van der Waals surface area contributed by atoms with Crippen molar-refractivity contribution in [2.45, 2.75) is 19.8 Å². The van der Waals surface area contributed by atoms with Crippen molar-refractivity contribution in [3.05, 3.63) is 0 Å². The molecule has 0 saturated carbocycles. The van der Waals surface area contributed by atoms with Crippen LogP contribution in [0.3, 0.4) is 0 Å². The summed E-state index contributed by atoms with van der Waals surface area (Å²) in [6.45, 7) is 1.78. The fourth-order valence-electron chi connectivity index (χ4n) is 0.407. The van der Waals surface area contributed by atoms with E-state index in [1.54, 1.807) is 7.11 Å². The molecule has 0 bridgehead atoms. The average molecular weight is 176 g/mol. The standard InChI is InChI=1S/C5H12N2O.C2H4O2/c1-8-4-2-3-5(6)7;1-2(3)4/h2-4H2,1H3,(H3,6,7);1H3,(H,3,4). The monoisotopic (exact) mass is 176 g/mol. The second kappa shape index (κ2) is 9.90. The zero-order valence-corrected chi connectivity index (χ0v) is 7.46. The minimum Gasteiger partial charge on any atom is -0.481 e. The van der Waals surface area contributed by atoms with Crippen molar-refractivity contribution in [3.8, 4) is 0 Å².